The van der Waals surface area contributed by atoms with Gasteiger partial charge in [0.05, 0.1) is 37.8 Å². The van der Waals surface area contributed by atoms with Gasteiger partial charge in [-0.15, -0.1) is 5.92 Å². The van der Waals surface area contributed by atoms with Crippen LogP contribution >= 0.6 is 0 Å². The average molecular weight is 356 g/mol. The molecule has 0 amide bonds. The summed E-state index contributed by atoms with van der Waals surface area (Å²) in [6.07, 6.45) is 0. The summed E-state index contributed by atoms with van der Waals surface area (Å²) in [6, 6.07) is 0. The lowest BCUT2D eigenvalue weighted by molar-refractivity contribution is -0.134. The minimum atomic E-state index is -4.13. The molecule has 0 radical (unpaired) electrons. The van der Waals surface area contributed by atoms with Crippen molar-refractivity contribution in [1.82, 2.24) is 9.19 Å². The summed E-state index contributed by atoms with van der Waals surface area (Å²) in [5, 5.41) is 1.53. The first kappa shape index (κ1) is 21.6. The predicted octanol–water partition coefficient (Wildman–Crippen LogP) is -0.187. The zero-order valence-corrected chi connectivity index (χ0v) is 15.2. The van der Waals surface area contributed by atoms with Crippen molar-refractivity contribution in [3.8, 4) is 11.8 Å². The Morgan fingerprint density at radius 3 is 2.36 bits per heavy atom. The minimum absolute atomic E-state index is 0.0719. The summed E-state index contributed by atoms with van der Waals surface area (Å²) in [4.78, 5) is 5.09. The van der Waals surface area contributed by atoms with Crippen LogP contribution in [-0.2, 0) is 35.4 Å². The summed E-state index contributed by atoms with van der Waals surface area (Å²) in [5.41, 5.74) is 0. The van der Waals surface area contributed by atoms with Crippen molar-refractivity contribution in [1.29, 1.82) is 0 Å². The third-order valence-corrected chi connectivity index (χ3v) is 5.04. The predicted molar refractivity (Wildman–Crippen MR) is 84.1 cm³/mol. The third kappa shape index (κ3) is 10.4. The summed E-state index contributed by atoms with van der Waals surface area (Å²) >= 11 is -1.92. The van der Waals surface area contributed by atoms with Crippen LogP contribution in [0.3, 0.4) is 0 Å². The van der Waals surface area contributed by atoms with Crippen LogP contribution in [0.4, 0.5) is 0 Å². The molecule has 1 atom stereocenters. The number of hydrogen-bond acceptors (Lipinski definition) is 7. The van der Waals surface area contributed by atoms with Gasteiger partial charge in [0.2, 0.25) is 0 Å². The number of nitrogens with zero attached hydrogens (tertiary/aromatic N) is 1. The lowest BCUT2D eigenvalue weighted by Gasteiger charge is -2.21. The normalized spacial score (nSPS) is 13.8. The fourth-order valence-electron chi connectivity index (χ4n) is 1.15. The van der Waals surface area contributed by atoms with Crippen LogP contribution in [0.5, 0.6) is 0 Å². The van der Waals surface area contributed by atoms with E-state index in [4.69, 9.17) is 9.57 Å². The van der Waals surface area contributed by atoms with E-state index in [1.54, 1.807) is 34.9 Å². The zero-order valence-electron chi connectivity index (χ0n) is 13.5. The van der Waals surface area contributed by atoms with Crippen molar-refractivity contribution in [2.75, 3.05) is 40.5 Å². The fraction of sp³-hybridized carbons (Fsp3) is 0.833. The lowest BCUT2D eigenvalue weighted by atomic mass is 10.2. The standard InChI is InChI=1S/C12H24N2O6S2/c1-6-7-12(2,3)21(15)13-22(16,17)20-11-9-18-8-10-19-14(4)5/h13H,8-11H2,1-5H3. The molecule has 0 heterocycles. The molecule has 1 N–H and O–H groups in total. The molecule has 130 valence electrons. The number of ether oxygens (including phenoxy) is 1. The van der Waals surface area contributed by atoms with Crippen molar-refractivity contribution in [2.45, 2.75) is 25.5 Å². The van der Waals surface area contributed by atoms with E-state index in [-0.39, 0.29) is 13.2 Å². The van der Waals surface area contributed by atoms with Crippen molar-refractivity contribution in [3.63, 3.8) is 0 Å². The number of rotatable bonds is 11. The molecule has 1 unspecified atom stereocenters. The second-order valence-corrected chi connectivity index (χ2v) is 8.14. The van der Waals surface area contributed by atoms with Gasteiger partial charge in [0.1, 0.15) is 0 Å². The van der Waals surface area contributed by atoms with Crippen LogP contribution < -0.4 is 4.13 Å². The summed E-state index contributed by atoms with van der Waals surface area (Å²) in [7, 11) is -0.642. The molecule has 0 bridgehead atoms. The molecule has 0 rings (SSSR count). The SMILES string of the molecule is CC#CC(C)(C)[S+]([O-])NS(=O)(=O)OCCOCCON(C)C. The molecule has 22 heavy (non-hydrogen) atoms. The molecular weight excluding hydrogens is 332 g/mol. The molecule has 10 heteroatoms. The maximum Gasteiger partial charge on any atom is 0.375 e. The first-order valence-corrected chi connectivity index (χ1v) is 9.07. The maximum absolute atomic E-state index is 11.9. The van der Waals surface area contributed by atoms with Crippen LogP contribution in [-0.4, -0.2) is 63.3 Å². The van der Waals surface area contributed by atoms with Gasteiger partial charge >= 0.3 is 10.3 Å². The maximum atomic E-state index is 11.9. The number of hydrogen-bond donors (Lipinski definition) is 1. The molecular formula is C12H24N2O6S2. The molecule has 0 fully saturated rings. The lowest BCUT2D eigenvalue weighted by Crippen LogP contribution is -2.44. The van der Waals surface area contributed by atoms with Gasteiger partial charge in [-0.2, -0.15) is 13.5 Å². The third-order valence-electron chi connectivity index (χ3n) is 2.11. The highest BCUT2D eigenvalue weighted by Gasteiger charge is 2.34. The van der Waals surface area contributed by atoms with Gasteiger partial charge in [-0.1, -0.05) is 0 Å². The molecule has 8 nitrogen and oxygen atoms in total. The van der Waals surface area contributed by atoms with Crippen LogP contribution in [0.2, 0.25) is 0 Å². The van der Waals surface area contributed by atoms with Gasteiger partial charge in [0.25, 0.3) is 0 Å². The molecule has 0 aliphatic rings. The largest absolute Gasteiger partial charge is 0.596 e. The fourth-order valence-corrected chi connectivity index (χ4v) is 3.40. The van der Waals surface area contributed by atoms with Crippen LogP contribution in [0.25, 0.3) is 0 Å². The van der Waals surface area contributed by atoms with E-state index in [9.17, 15) is 13.0 Å². The highest BCUT2D eigenvalue weighted by Crippen LogP contribution is 2.14. The van der Waals surface area contributed by atoms with E-state index in [2.05, 4.69) is 16.0 Å². The van der Waals surface area contributed by atoms with Gasteiger partial charge in [-0.3, -0.25) is 9.02 Å². The van der Waals surface area contributed by atoms with E-state index in [0.29, 0.717) is 13.2 Å². The first-order valence-electron chi connectivity index (χ1n) is 6.51. The molecule has 0 saturated carbocycles. The summed E-state index contributed by atoms with van der Waals surface area (Å²) in [6.45, 7) is 5.26. The molecule has 0 aliphatic heterocycles. The molecule has 0 aromatic carbocycles. The Kier molecular flexibility index (Phi) is 10.2. The molecule has 0 aromatic heterocycles. The van der Waals surface area contributed by atoms with Gasteiger partial charge in [0.15, 0.2) is 4.75 Å². The molecule has 0 spiro atoms. The quantitative estimate of drug-likeness (QED) is 0.237. The topological polar surface area (TPSA) is 100 Å². The van der Waals surface area contributed by atoms with Crippen molar-refractivity contribution < 1.29 is 26.7 Å². The number of hydroxylamine groups is 2. The van der Waals surface area contributed by atoms with E-state index >= 15 is 0 Å². The van der Waals surface area contributed by atoms with Gasteiger partial charge in [-0.25, -0.2) is 0 Å². The van der Waals surface area contributed by atoms with Crippen molar-refractivity contribution in [2.24, 2.45) is 0 Å². The van der Waals surface area contributed by atoms with E-state index in [1.807, 2.05) is 4.13 Å². The van der Waals surface area contributed by atoms with Crippen molar-refractivity contribution >= 4 is 21.7 Å². The van der Waals surface area contributed by atoms with Crippen LogP contribution in [0, 0.1) is 11.8 Å². The average Bonchev–Trinajstić information content (AvgIpc) is 2.36. The highest BCUT2D eigenvalue weighted by atomic mass is 32.3. The van der Waals surface area contributed by atoms with Gasteiger partial charge in [-0.05, 0) is 30.8 Å². The Balaban J connectivity index is 4.03. The van der Waals surface area contributed by atoms with Gasteiger partial charge < -0.3 is 9.29 Å². The second kappa shape index (κ2) is 10.4. The highest BCUT2D eigenvalue weighted by molar-refractivity contribution is 8.03. The monoisotopic (exact) mass is 356 g/mol. The van der Waals surface area contributed by atoms with Crippen LogP contribution in [0.15, 0.2) is 0 Å². The minimum Gasteiger partial charge on any atom is -0.596 e. The molecule has 0 aromatic rings. The first-order chi connectivity index (χ1) is 10.1. The van der Waals surface area contributed by atoms with E-state index in [1.165, 1.54) is 5.06 Å². The van der Waals surface area contributed by atoms with Gasteiger partial charge in [0, 0.05) is 14.1 Å². The summed E-state index contributed by atoms with van der Waals surface area (Å²) in [5.74, 6) is 5.27. The Bertz CT molecular complexity index is 470. The Hall–Kier alpha value is -0.380. The van der Waals surface area contributed by atoms with E-state index in [0.717, 1.165) is 0 Å². The Morgan fingerprint density at radius 1 is 1.23 bits per heavy atom. The van der Waals surface area contributed by atoms with Crippen LogP contribution in [0.1, 0.15) is 20.8 Å². The summed E-state index contributed by atoms with van der Waals surface area (Å²) < 4.78 is 45.8. The van der Waals surface area contributed by atoms with E-state index < -0.39 is 26.4 Å². The Morgan fingerprint density at radius 2 is 1.82 bits per heavy atom. The smallest absolute Gasteiger partial charge is 0.375 e. The molecule has 0 saturated heterocycles. The van der Waals surface area contributed by atoms with Crippen molar-refractivity contribution in [3.05, 3.63) is 0 Å². The Labute approximate surface area is 136 Å². The number of nitrogens with one attached hydrogen (secondary N) is 1. The zero-order chi connectivity index (χ0) is 17.2. The molecule has 0 aliphatic carbocycles. The second-order valence-electron chi connectivity index (χ2n) is 4.77.